The first-order chi connectivity index (χ1) is 10.4. The van der Waals surface area contributed by atoms with E-state index in [2.05, 4.69) is 5.32 Å². The van der Waals surface area contributed by atoms with E-state index in [0.29, 0.717) is 26.9 Å². The van der Waals surface area contributed by atoms with Crippen molar-refractivity contribution in [2.24, 2.45) is 0 Å². The van der Waals surface area contributed by atoms with Gasteiger partial charge in [-0.2, -0.15) is 0 Å². The fraction of sp³-hybridized carbons (Fsp3) is 0.125. The summed E-state index contributed by atoms with van der Waals surface area (Å²) in [5, 5.41) is 3.49. The van der Waals surface area contributed by atoms with Gasteiger partial charge in [0.2, 0.25) is 0 Å². The molecule has 0 saturated carbocycles. The minimum absolute atomic E-state index is 0.137. The number of nitrogens with zero attached hydrogens (tertiary/aromatic N) is 1. The number of anilines is 1. The molecule has 0 spiro atoms. The summed E-state index contributed by atoms with van der Waals surface area (Å²) in [5.41, 5.74) is 1.36. The van der Waals surface area contributed by atoms with E-state index in [9.17, 15) is 9.59 Å². The Morgan fingerprint density at radius 1 is 0.955 bits per heavy atom. The molecular weight excluding hydrogens is 323 g/mol. The highest BCUT2D eigenvalue weighted by molar-refractivity contribution is 6.35. The molecule has 2 aromatic carbocycles. The van der Waals surface area contributed by atoms with Crippen LogP contribution in [0.15, 0.2) is 42.5 Å². The summed E-state index contributed by atoms with van der Waals surface area (Å²) in [6.45, 7) is 0. The average molecular weight is 337 g/mol. The molecule has 114 valence electrons. The minimum Gasteiger partial charge on any atom is -0.345 e. The van der Waals surface area contributed by atoms with Gasteiger partial charge in [0.1, 0.15) is 0 Å². The Kier molecular flexibility index (Phi) is 5.06. The second-order valence-electron chi connectivity index (χ2n) is 4.89. The molecule has 0 aliphatic rings. The van der Waals surface area contributed by atoms with Crippen LogP contribution < -0.4 is 5.32 Å². The molecule has 4 nitrogen and oxygen atoms in total. The molecule has 0 aromatic heterocycles. The Balaban J connectivity index is 2.21. The average Bonchev–Trinajstić information content (AvgIpc) is 2.45. The number of amides is 2. The van der Waals surface area contributed by atoms with Gasteiger partial charge in [0, 0.05) is 41.0 Å². The van der Waals surface area contributed by atoms with Crippen LogP contribution in [-0.2, 0) is 0 Å². The van der Waals surface area contributed by atoms with Crippen molar-refractivity contribution in [2.45, 2.75) is 0 Å². The van der Waals surface area contributed by atoms with E-state index < -0.39 is 0 Å². The van der Waals surface area contributed by atoms with E-state index >= 15 is 0 Å². The number of hydrogen-bond acceptors (Lipinski definition) is 2. The van der Waals surface area contributed by atoms with Crippen LogP contribution in [-0.4, -0.2) is 30.8 Å². The zero-order chi connectivity index (χ0) is 16.3. The van der Waals surface area contributed by atoms with E-state index in [1.807, 2.05) is 0 Å². The highest BCUT2D eigenvalue weighted by Gasteiger charge is 2.11. The largest absolute Gasteiger partial charge is 0.345 e. The Hall–Kier alpha value is -2.04. The minimum atomic E-state index is -0.348. The molecule has 2 aromatic rings. The molecule has 0 unspecified atom stereocenters. The Labute approximate surface area is 138 Å². The van der Waals surface area contributed by atoms with Crippen LogP contribution in [0.1, 0.15) is 20.7 Å². The molecule has 0 atom stereocenters. The van der Waals surface area contributed by atoms with Crippen LogP contribution >= 0.6 is 23.2 Å². The van der Waals surface area contributed by atoms with Crippen molar-refractivity contribution in [1.29, 1.82) is 0 Å². The van der Waals surface area contributed by atoms with Gasteiger partial charge in [0.15, 0.2) is 0 Å². The first-order valence-corrected chi connectivity index (χ1v) is 7.21. The summed E-state index contributed by atoms with van der Waals surface area (Å²) in [5.74, 6) is -0.485. The predicted octanol–water partition coefficient (Wildman–Crippen LogP) is 3.95. The monoisotopic (exact) mass is 336 g/mol. The van der Waals surface area contributed by atoms with Gasteiger partial charge in [-0.15, -0.1) is 0 Å². The van der Waals surface area contributed by atoms with Gasteiger partial charge >= 0.3 is 0 Å². The summed E-state index contributed by atoms with van der Waals surface area (Å²) >= 11 is 11.8. The lowest BCUT2D eigenvalue weighted by Gasteiger charge is -2.12. The van der Waals surface area contributed by atoms with Crippen LogP contribution in [0.25, 0.3) is 0 Å². The van der Waals surface area contributed by atoms with Gasteiger partial charge in [0.05, 0.1) is 0 Å². The molecule has 22 heavy (non-hydrogen) atoms. The van der Waals surface area contributed by atoms with Crippen LogP contribution in [0, 0.1) is 0 Å². The van der Waals surface area contributed by atoms with E-state index in [4.69, 9.17) is 23.2 Å². The topological polar surface area (TPSA) is 49.4 Å². The normalized spacial score (nSPS) is 10.2. The summed E-state index contributed by atoms with van der Waals surface area (Å²) in [4.78, 5) is 25.6. The molecule has 0 radical (unpaired) electrons. The fourth-order valence-corrected chi connectivity index (χ4v) is 2.40. The van der Waals surface area contributed by atoms with Gasteiger partial charge < -0.3 is 10.2 Å². The number of carbonyl (C=O) groups excluding carboxylic acids is 2. The molecule has 0 bridgehead atoms. The lowest BCUT2D eigenvalue weighted by atomic mass is 10.1. The summed E-state index contributed by atoms with van der Waals surface area (Å²) in [6.07, 6.45) is 0. The maximum Gasteiger partial charge on any atom is 0.255 e. The SMILES string of the molecule is CN(C)C(=O)c1cccc(NC(=O)c2cc(Cl)cc(Cl)c2)c1. The Bertz CT molecular complexity index is 710. The molecule has 2 rings (SSSR count). The van der Waals surface area contributed by atoms with Gasteiger partial charge in [-0.3, -0.25) is 9.59 Å². The second-order valence-corrected chi connectivity index (χ2v) is 5.77. The molecule has 0 aliphatic carbocycles. The fourth-order valence-electron chi connectivity index (χ4n) is 1.88. The number of nitrogens with one attached hydrogen (secondary N) is 1. The van der Waals surface area contributed by atoms with Crippen molar-refractivity contribution in [1.82, 2.24) is 4.90 Å². The first-order valence-electron chi connectivity index (χ1n) is 6.46. The third-order valence-corrected chi connectivity index (χ3v) is 3.33. The molecule has 0 saturated heterocycles. The molecule has 0 heterocycles. The zero-order valence-electron chi connectivity index (χ0n) is 12.1. The van der Waals surface area contributed by atoms with Crippen molar-refractivity contribution in [3.05, 3.63) is 63.6 Å². The maximum atomic E-state index is 12.2. The van der Waals surface area contributed by atoms with Crippen molar-refractivity contribution >= 4 is 40.7 Å². The quantitative estimate of drug-likeness (QED) is 0.922. The van der Waals surface area contributed by atoms with Gasteiger partial charge in [0.25, 0.3) is 11.8 Å². The number of hydrogen-bond donors (Lipinski definition) is 1. The summed E-state index contributed by atoms with van der Waals surface area (Å²) in [6, 6.07) is 11.3. The number of halogens is 2. The highest BCUT2D eigenvalue weighted by atomic mass is 35.5. The molecule has 0 aliphatic heterocycles. The van der Waals surface area contributed by atoms with Crippen molar-refractivity contribution in [3.8, 4) is 0 Å². The van der Waals surface area contributed by atoms with Crippen molar-refractivity contribution in [2.75, 3.05) is 19.4 Å². The molecular formula is C16H14Cl2N2O2. The summed E-state index contributed by atoms with van der Waals surface area (Å²) in [7, 11) is 3.34. The Morgan fingerprint density at radius 2 is 1.59 bits per heavy atom. The third kappa shape index (κ3) is 4.00. The van der Waals surface area contributed by atoms with Crippen molar-refractivity contribution < 1.29 is 9.59 Å². The second kappa shape index (κ2) is 6.81. The van der Waals surface area contributed by atoms with Crippen LogP contribution in [0.4, 0.5) is 5.69 Å². The lowest BCUT2D eigenvalue weighted by Crippen LogP contribution is -2.22. The first kappa shape index (κ1) is 16.3. The van der Waals surface area contributed by atoms with Gasteiger partial charge in [-0.1, -0.05) is 29.3 Å². The number of carbonyl (C=O) groups is 2. The standard InChI is InChI=1S/C16H14Cl2N2O2/c1-20(2)16(22)10-4-3-5-14(8-10)19-15(21)11-6-12(17)9-13(18)7-11/h3-9H,1-2H3,(H,19,21). The van der Waals surface area contributed by atoms with Gasteiger partial charge in [-0.05, 0) is 36.4 Å². The molecule has 2 amide bonds. The third-order valence-electron chi connectivity index (χ3n) is 2.90. The van der Waals surface area contributed by atoms with Gasteiger partial charge in [-0.25, -0.2) is 0 Å². The molecule has 6 heteroatoms. The van der Waals surface area contributed by atoms with E-state index in [-0.39, 0.29) is 11.8 Å². The number of benzene rings is 2. The van der Waals surface area contributed by atoms with E-state index in [1.165, 1.54) is 17.0 Å². The highest BCUT2D eigenvalue weighted by Crippen LogP contribution is 2.20. The van der Waals surface area contributed by atoms with Crippen molar-refractivity contribution in [3.63, 3.8) is 0 Å². The molecule has 1 N–H and O–H groups in total. The van der Waals surface area contributed by atoms with E-state index in [0.717, 1.165) is 0 Å². The smallest absolute Gasteiger partial charge is 0.255 e. The lowest BCUT2D eigenvalue weighted by molar-refractivity contribution is 0.0827. The van der Waals surface area contributed by atoms with Crippen LogP contribution in [0.2, 0.25) is 10.0 Å². The van der Waals surface area contributed by atoms with Crippen LogP contribution in [0.3, 0.4) is 0 Å². The maximum absolute atomic E-state index is 12.2. The number of rotatable bonds is 3. The van der Waals surface area contributed by atoms with Crippen LogP contribution in [0.5, 0.6) is 0 Å². The molecule has 0 fully saturated rings. The Morgan fingerprint density at radius 3 is 2.18 bits per heavy atom. The van der Waals surface area contributed by atoms with E-state index in [1.54, 1.807) is 44.4 Å². The summed E-state index contributed by atoms with van der Waals surface area (Å²) < 4.78 is 0. The zero-order valence-corrected chi connectivity index (χ0v) is 13.6. The predicted molar refractivity (Wildman–Crippen MR) is 88.9 cm³/mol.